The van der Waals surface area contributed by atoms with E-state index in [4.69, 9.17) is 0 Å². The van der Waals surface area contributed by atoms with Crippen molar-refractivity contribution in [2.75, 3.05) is 24.5 Å². The Kier molecular flexibility index (Phi) is 4.47. The van der Waals surface area contributed by atoms with Crippen LogP contribution in [0.2, 0.25) is 0 Å². The fraction of sp³-hybridized carbons (Fsp3) is 0.524. The number of nitrogens with one attached hydrogen (secondary N) is 1. The van der Waals surface area contributed by atoms with Gasteiger partial charge in [-0.25, -0.2) is 0 Å². The lowest BCUT2D eigenvalue weighted by Crippen LogP contribution is -2.37. The van der Waals surface area contributed by atoms with Gasteiger partial charge < -0.3 is 9.80 Å². The van der Waals surface area contributed by atoms with Crippen LogP contribution in [0, 0.1) is 11.8 Å². The molecule has 3 heterocycles. The molecule has 5 nitrogen and oxygen atoms in total. The third-order valence-electron chi connectivity index (χ3n) is 5.82. The lowest BCUT2D eigenvalue weighted by Gasteiger charge is -2.25. The normalized spacial score (nSPS) is 22.3. The van der Waals surface area contributed by atoms with Gasteiger partial charge in [-0.2, -0.15) is 5.10 Å². The Morgan fingerprint density at radius 2 is 2.19 bits per heavy atom. The molecule has 1 aromatic heterocycles. The van der Waals surface area contributed by atoms with Gasteiger partial charge in [0.05, 0.1) is 6.20 Å². The molecule has 0 radical (unpaired) electrons. The quantitative estimate of drug-likeness (QED) is 0.918. The first-order valence-corrected chi connectivity index (χ1v) is 9.70. The fourth-order valence-corrected chi connectivity index (χ4v) is 4.47. The second-order valence-electron chi connectivity index (χ2n) is 8.12. The molecule has 2 aliphatic heterocycles. The van der Waals surface area contributed by atoms with Crippen LogP contribution in [-0.4, -0.2) is 46.7 Å². The van der Waals surface area contributed by atoms with Crippen LogP contribution in [0.15, 0.2) is 30.6 Å². The highest BCUT2D eigenvalue weighted by Gasteiger charge is 2.35. The summed E-state index contributed by atoms with van der Waals surface area (Å²) in [6, 6.07) is 7.10. The Labute approximate surface area is 155 Å². The Bertz CT molecular complexity index is 783. The van der Waals surface area contributed by atoms with Crippen LogP contribution in [-0.2, 0) is 11.2 Å². The first-order chi connectivity index (χ1) is 12.5. The van der Waals surface area contributed by atoms with Crippen molar-refractivity contribution in [3.63, 3.8) is 0 Å². The van der Waals surface area contributed by atoms with E-state index >= 15 is 0 Å². The van der Waals surface area contributed by atoms with Gasteiger partial charge in [0, 0.05) is 49.0 Å². The zero-order valence-electron chi connectivity index (χ0n) is 15.9. The number of benzene rings is 1. The molecule has 2 unspecified atom stereocenters. The molecule has 0 spiro atoms. The number of carbonyl (C=O) groups is 1. The molecule has 0 aliphatic carbocycles. The molecule has 1 saturated heterocycles. The number of fused-ring (bicyclic) bond motifs is 1. The number of anilines is 1. The van der Waals surface area contributed by atoms with Crippen LogP contribution >= 0.6 is 0 Å². The molecule has 138 valence electrons. The van der Waals surface area contributed by atoms with Crippen molar-refractivity contribution in [1.82, 2.24) is 15.1 Å². The highest BCUT2D eigenvalue weighted by atomic mass is 16.2. The number of amides is 1. The number of carbonyl (C=O) groups excluding carboxylic acids is 1. The zero-order valence-corrected chi connectivity index (χ0v) is 15.9. The number of aromatic nitrogens is 2. The van der Waals surface area contributed by atoms with Crippen LogP contribution in [0.5, 0.6) is 0 Å². The summed E-state index contributed by atoms with van der Waals surface area (Å²) in [6.07, 6.45) is 6.01. The monoisotopic (exact) mass is 352 g/mol. The first-order valence-electron chi connectivity index (χ1n) is 9.70. The average Bonchev–Trinajstić information content (AvgIpc) is 3.35. The fourth-order valence-electron chi connectivity index (χ4n) is 4.47. The number of hydrogen-bond acceptors (Lipinski definition) is 3. The average molecular weight is 352 g/mol. The Hall–Kier alpha value is -2.30. The Balaban J connectivity index is 1.45. The van der Waals surface area contributed by atoms with E-state index in [9.17, 15) is 4.79 Å². The summed E-state index contributed by atoms with van der Waals surface area (Å²) in [7, 11) is 0. The third kappa shape index (κ3) is 3.11. The topological polar surface area (TPSA) is 52.2 Å². The largest absolute Gasteiger partial charge is 0.371 e. The minimum absolute atomic E-state index is 0.0880. The molecule has 1 amide bonds. The van der Waals surface area contributed by atoms with Crippen LogP contribution in [0.4, 0.5) is 5.69 Å². The highest BCUT2D eigenvalue weighted by Crippen LogP contribution is 2.34. The van der Waals surface area contributed by atoms with E-state index in [1.807, 2.05) is 26.2 Å². The van der Waals surface area contributed by atoms with E-state index in [1.165, 1.54) is 16.8 Å². The first kappa shape index (κ1) is 17.1. The van der Waals surface area contributed by atoms with E-state index in [0.29, 0.717) is 17.9 Å². The molecule has 0 saturated carbocycles. The van der Waals surface area contributed by atoms with Crippen LogP contribution in [0.1, 0.15) is 32.8 Å². The van der Waals surface area contributed by atoms with E-state index in [1.54, 1.807) is 0 Å². The maximum atomic E-state index is 12.4. The summed E-state index contributed by atoms with van der Waals surface area (Å²) in [6.45, 7) is 9.21. The van der Waals surface area contributed by atoms with Crippen molar-refractivity contribution >= 4 is 11.6 Å². The second kappa shape index (κ2) is 6.78. The number of rotatable bonds is 4. The molecular formula is C21H28N4O. The highest BCUT2D eigenvalue weighted by molar-refractivity contribution is 5.78. The number of hydrogen-bond donors (Lipinski definition) is 1. The smallest absolute Gasteiger partial charge is 0.225 e. The number of nitrogens with zero attached hydrogens (tertiary/aromatic N) is 3. The van der Waals surface area contributed by atoms with Crippen molar-refractivity contribution in [1.29, 1.82) is 0 Å². The van der Waals surface area contributed by atoms with Crippen LogP contribution in [0.25, 0.3) is 11.1 Å². The molecule has 1 N–H and O–H groups in total. The standard InChI is InChI=1S/C21H28N4O/c1-14(2)21(26)25-13-16(8-15(25)3)12-24-7-6-18-9-17(4-5-20(18)24)19-10-22-23-11-19/h4-5,9-11,14-16H,6-8,12-13H2,1-3H3,(H,22,23). The summed E-state index contributed by atoms with van der Waals surface area (Å²) in [5.41, 5.74) is 5.14. The van der Waals surface area contributed by atoms with Gasteiger partial charge in [0.1, 0.15) is 0 Å². The molecule has 5 heteroatoms. The summed E-state index contributed by atoms with van der Waals surface area (Å²) >= 11 is 0. The molecular weight excluding hydrogens is 324 g/mol. The van der Waals surface area contributed by atoms with Crippen molar-refractivity contribution in [3.8, 4) is 11.1 Å². The molecule has 0 bridgehead atoms. The van der Waals surface area contributed by atoms with Gasteiger partial charge in [-0.3, -0.25) is 9.89 Å². The maximum Gasteiger partial charge on any atom is 0.225 e. The van der Waals surface area contributed by atoms with E-state index in [2.05, 4.69) is 45.1 Å². The zero-order chi connectivity index (χ0) is 18.3. The summed E-state index contributed by atoms with van der Waals surface area (Å²) in [5, 5.41) is 6.93. The molecule has 2 atom stereocenters. The van der Waals surface area contributed by atoms with Crippen LogP contribution in [0.3, 0.4) is 0 Å². The predicted molar refractivity (Wildman–Crippen MR) is 104 cm³/mol. The minimum atomic E-state index is 0.0880. The summed E-state index contributed by atoms with van der Waals surface area (Å²) < 4.78 is 0. The SMILES string of the molecule is CC(C)C(=O)N1CC(CN2CCc3cc(-c4cn[nH]c4)ccc32)CC1C. The van der Waals surface area contributed by atoms with Crippen LogP contribution < -0.4 is 4.90 Å². The van der Waals surface area contributed by atoms with Gasteiger partial charge in [-0.1, -0.05) is 19.9 Å². The van der Waals surface area contributed by atoms with Crippen molar-refractivity contribution in [2.24, 2.45) is 11.8 Å². The predicted octanol–water partition coefficient (Wildman–Crippen LogP) is 3.33. The Morgan fingerprint density at radius 1 is 1.35 bits per heavy atom. The van der Waals surface area contributed by atoms with Crippen molar-refractivity contribution in [2.45, 2.75) is 39.7 Å². The number of H-pyrrole nitrogens is 1. The van der Waals surface area contributed by atoms with E-state index < -0.39 is 0 Å². The molecule has 26 heavy (non-hydrogen) atoms. The van der Waals surface area contributed by atoms with Gasteiger partial charge >= 0.3 is 0 Å². The number of aromatic amines is 1. The molecule has 4 rings (SSSR count). The second-order valence-corrected chi connectivity index (χ2v) is 8.12. The van der Waals surface area contributed by atoms with Gasteiger partial charge in [-0.05, 0) is 48.9 Å². The minimum Gasteiger partial charge on any atom is -0.371 e. The van der Waals surface area contributed by atoms with Crippen molar-refractivity contribution in [3.05, 3.63) is 36.2 Å². The van der Waals surface area contributed by atoms with Crippen molar-refractivity contribution < 1.29 is 4.79 Å². The van der Waals surface area contributed by atoms with Gasteiger partial charge in [0.25, 0.3) is 0 Å². The van der Waals surface area contributed by atoms with E-state index in [0.717, 1.165) is 38.0 Å². The molecule has 2 aliphatic rings. The van der Waals surface area contributed by atoms with Gasteiger partial charge in [-0.15, -0.1) is 0 Å². The van der Waals surface area contributed by atoms with Gasteiger partial charge in [0.15, 0.2) is 0 Å². The summed E-state index contributed by atoms with van der Waals surface area (Å²) in [5.74, 6) is 0.948. The number of likely N-dealkylation sites (tertiary alicyclic amines) is 1. The summed E-state index contributed by atoms with van der Waals surface area (Å²) in [4.78, 5) is 17.0. The van der Waals surface area contributed by atoms with E-state index in [-0.39, 0.29) is 5.92 Å². The molecule has 1 fully saturated rings. The lowest BCUT2D eigenvalue weighted by atomic mass is 10.0. The van der Waals surface area contributed by atoms with Gasteiger partial charge in [0.2, 0.25) is 5.91 Å². The molecule has 1 aromatic carbocycles. The molecule has 2 aromatic rings. The lowest BCUT2D eigenvalue weighted by molar-refractivity contribution is -0.135. The Morgan fingerprint density at radius 3 is 2.92 bits per heavy atom. The third-order valence-corrected chi connectivity index (χ3v) is 5.82. The maximum absolute atomic E-state index is 12.4.